The summed E-state index contributed by atoms with van der Waals surface area (Å²) < 4.78 is 16.5. The molecule has 0 spiro atoms. The molecular formula is C8H17FN2O2. The molecule has 4 nitrogen and oxygen atoms in total. The van der Waals surface area contributed by atoms with E-state index in [2.05, 4.69) is 10.6 Å². The molecule has 0 aliphatic heterocycles. The highest BCUT2D eigenvalue weighted by molar-refractivity contribution is 5.67. The van der Waals surface area contributed by atoms with E-state index in [1.165, 1.54) is 0 Å². The molecule has 0 saturated heterocycles. The number of hydrogen-bond acceptors (Lipinski definition) is 3. The van der Waals surface area contributed by atoms with Crippen molar-refractivity contribution in [2.45, 2.75) is 26.4 Å². The van der Waals surface area contributed by atoms with E-state index in [9.17, 15) is 9.18 Å². The summed E-state index contributed by atoms with van der Waals surface area (Å²) in [7, 11) is 0. The Morgan fingerprint density at radius 1 is 1.38 bits per heavy atom. The molecule has 1 amide bonds. The zero-order chi connectivity index (χ0) is 10.3. The van der Waals surface area contributed by atoms with Crippen LogP contribution in [0.3, 0.4) is 0 Å². The van der Waals surface area contributed by atoms with Gasteiger partial charge >= 0.3 is 6.09 Å². The lowest BCUT2D eigenvalue weighted by Crippen LogP contribution is -2.36. The Morgan fingerprint density at radius 2 is 2.00 bits per heavy atom. The number of halogens is 1. The third kappa shape index (κ3) is 9.07. The van der Waals surface area contributed by atoms with Gasteiger partial charge in [0.25, 0.3) is 0 Å². The lowest BCUT2D eigenvalue weighted by Gasteiger charge is -2.19. The number of alkyl halides is 1. The summed E-state index contributed by atoms with van der Waals surface area (Å²) >= 11 is 0. The van der Waals surface area contributed by atoms with Gasteiger partial charge in [-0.2, -0.15) is 0 Å². The highest BCUT2D eigenvalue weighted by atomic mass is 19.1. The van der Waals surface area contributed by atoms with Crippen molar-refractivity contribution in [3.8, 4) is 0 Å². The molecule has 0 bridgehead atoms. The van der Waals surface area contributed by atoms with E-state index in [1.807, 2.05) is 0 Å². The van der Waals surface area contributed by atoms with Crippen LogP contribution in [0.1, 0.15) is 20.8 Å². The first kappa shape index (κ1) is 12.2. The number of rotatable bonds is 4. The summed E-state index contributed by atoms with van der Waals surface area (Å²) in [6, 6.07) is 0. The Balaban J connectivity index is 3.41. The molecular weight excluding hydrogens is 175 g/mol. The monoisotopic (exact) mass is 192 g/mol. The molecule has 0 saturated carbocycles. The third-order valence-electron chi connectivity index (χ3n) is 1.06. The van der Waals surface area contributed by atoms with Gasteiger partial charge in [0.05, 0.1) is 0 Å². The van der Waals surface area contributed by atoms with Crippen molar-refractivity contribution in [3.05, 3.63) is 0 Å². The molecule has 0 heterocycles. The van der Waals surface area contributed by atoms with Crippen molar-refractivity contribution >= 4 is 6.09 Å². The Kier molecular flexibility index (Phi) is 5.37. The van der Waals surface area contributed by atoms with Gasteiger partial charge in [-0.05, 0) is 20.8 Å². The molecule has 0 rings (SSSR count). The maximum absolute atomic E-state index is 11.5. The minimum atomic E-state index is -0.587. The van der Waals surface area contributed by atoms with Gasteiger partial charge in [0.15, 0.2) is 0 Å². The van der Waals surface area contributed by atoms with Crippen LogP contribution < -0.4 is 10.6 Å². The van der Waals surface area contributed by atoms with Crippen LogP contribution in [0.4, 0.5) is 9.18 Å². The summed E-state index contributed by atoms with van der Waals surface area (Å²) in [5, 5.41) is 4.91. The molecule has 0 aliphatic carbocycles. The first-order valence-electron chi connectivity index (χ1n) is 4.19. The minimum absolute atomic E-state index is 0.360. The average Bonchev–Trinajstić information content (AvgIpc) is 1.94. The Bertz CT molecular complexity index is 157. The van der Waals surface area contributed by atoms with E-state index in [0.717, 1.165) is 0 Å². The third-order valence-corrected chi connectivity index (χ3v) is 1.06. The number of nitrogens with one attached hydrogen (secondary N) is 2. The van der Waals surface area contributed by atoms with Gasteiger partial charge < -0.3 is 10.1 Å². The molecule has 0 fully saturated rings. The first-order valence-corrected chi connectivity index (χ1v) is 4.19. The van der Waals surface area contributed by atoms with Crippen LogP contribution in [-0.4, -0.2) is 31.6 Å². The van der Waals surface area contributed by atoms with Crippen molar-refractivity contribution in [1.29, 1.82) is 0 Å². The maximum Gasteiger partial charge on any atom is 0.407 e. The van der Waals surface area contributed by atoms with Gasteiger partial charge in [-0.1, -0.05) is 0 Å². The molecule has 0 aromatic heterocycles. The molecule has 78 valence electrons. The zero-order valence-corrected chi connectivity index (χ0v) is 8.32. The van der Waals surface area contributed by atoms with Crippen molar-refractivity contribution in [1.82, 2.24) is 10.6 Å². The smallest absolute Gasteiger partial charge is 0.407 e. The van der Waals surface area contributed by atoms with Crippen LogP contribution in [0, 0.1) is 0 Å². The molecule has 13 heavy (non-hydrogen) atoms. The average molecular weight is 192 g/mol. The van der Waals surface area contributed by atoms with Crippen LogP contribution in [0.25, 0.3) is 0 Å². The van der Waals surface area contributed by atoms with E-state index < -0.39 is 18.5 Å². The van der Waals surface area contributed by atoms with E-state index >= 15 is 0 Å². The fourth-order valence-electron chi connectivity index (χ4n) is 0.634. The number of carbonyl (C=O) groups excluding carboxylic acids is 1. The Hall–Kier alpha value is -0.840. The van der Waals surface area contributed by atoms with Gasteiger partial charge in [0, 0.05) is 13.1 Å². The van der Waals surface area contributed by atoms with E-state index in [1.54, 1.807) is 20.8 Å². The SMILES string of the molecule is CC(C)(C)OC(=O)NCCNCF. The standard InChI is InChI=1S/C8H17FN2O2/c1-8(2,3)13-7(12)11-5-4-10-6-9/h10H,4-6H2,1-3H3,(H,11,12). The molecule has 5 heteroatoms. The highest BCUT2D eigenvalue weighted by Gasteiger charge is 2.15. The molecule has 0 radical (unpaired) electrons. The molecule has 0 aliphatic rings. The second kappa shape index (κ2) is 5.75. The van der Waals surface area contributed by atoms with E-state index in [4.69, 9.17) is 4.74 Å². The van der Waals surface area contributed by atoms with Gasteiger partial charge in [0.1, 0.15) is 12.4 Å². The fourth-order valence-corrected chi connectivity index (χ4v) is 0.634. The zero-order valence-electron chi connectivity index (χ0n) is 8.32. The van der Waals surface area contributed by atoms with Gasteiger partial charge in [-0.25, -0.2) is 9.18 Å². The molecule has 0 aromatic rings. The molecule has 0 atom stereocenters. The molecule has 0 unspecified atom stereocenters. The summed E-state index contributed by atoms with van der Waals surface area (Å²) in [6.45, 7) is 5.52. The normalized spacial score (nSPS) is 11.1. The van der Waals surface area contributed by atoms with Crippen LogP contribution in [0.5, 0.6) is 0 Å². The van der Waals surface area contributed by atoms with Crippen molar-refractivity contribution in [2.24, 2.45) is 0 Å². The topological polar surface area (TPSA) is 50.4 Å². The summed E-state index contributed by atoms with van der Waals surface area (Å²) in [5.74, 6) is 0. The number of carbonyl (C=O) groups is 1. The number of hydrogen-bond donors (Lipinski definition) is 2. The summed E-state index contributed by atoms with van der Waals surface area (Å²) in [6.07, 6.45) is -0.479. The van der Waals surface area contributed by atoms with Crippen LogP contribution >= 0.6 is 0 Å². The maximum atomic E-state index is 11.5. The predicted molar refractivity (Wildman–Crippen MR) is 48.2 cm³/mol. The van der Waals surface area contributed by atoms with Crippen molar-refractivity contribution < 1.29 is 13.9 Å². The van der Waals surface area contributed by atoms with Gasteiger partial charge in [-0.15, -0.1) is 0 Å². The number of amides is 1. The van der Waals surface area contributed by atoms with Crippen LogP contribution in [-0.2, 0) is 4.74 Å². The van der Waals surface area contributed by atoms with E-state index in [0.29, 0.717) is 13.1 Å². The largest absolute Gasteiger partial charge is 0.444 e. The molecule has 2 N–H and O–H groups in total. The Morgan fingerprint density at radius 3 is 2.46 bits per heavy atom. The molecule has 0 aromatic carbocycles. The fraction of sp³-hybridized carbons (Fsp3) is 0.875. The number of alkyl carbamates (subject to hydrolysis) is 1. The minimum Gasteiger partial charge on any atom is -0.444 e. The lowest BCUT2D eigenvalue weighted by molar-refractivity contribution is 0.0528. The summed E-state index contributed by atoms with van der Waals surface area (Å²) in [4.78, 5) is 11.0. The summed E-state index contributed by atoms with van der Waals surface area (Å²) in [5.41, 5.74) is -0.488. The first-order chi connectivity index (χ1) is 5.95. The van der Waals surface area contributed by atoms with Crippen LogP contribution in [0.2, 0.25) is 0 Å². The van der Waals surface area contributed by atoms with E-state index in [-0.39, 0.29) is 0 Å². The quantitative estimate of drug-likeness (QED) is 0.516. The van der Waals surface area contributed by atoms with Crippen LogP contribution in [0.15, 0.2) is 0 Å². The number of ether oxygens (including phenoxy) is 1. The van der Waals surface area contributed by atoms with Crippen molar-refractivity contribution in [3.63, 3.8) is 0 Å². The van der Waals surface area contributed by atoms with Gasteiger partial charge in [-0.3, -0.25) is 5.32 Å². The van der Waals surface area contributed by atoms with Crippen molar-refractivity contribution in [2.75, 3.05) is 19.9 Å². The lowest BCUT2D eigenvalue weighted by atomic mass is 10.2. The highest BCUT2D eigenvalue weighted by Crippen LogP contribution is 2.05. The second-order valence-corrected chi connectivity index (χ2v) is 3.56. The second-order valence-electron chi connectivity index (χ2n) is 3.56. The predicted octanol–water partition coefficient (Wildman–Crippen LogP) is 1.03. The van der Waals surface area contributed by atoms with Gasteiger partial charge in [0.2, 0.25) is 0 Å². The Labute approximate surface area is 77.8 Å².